The molecule has 106 valence electrons. The summed E-state index contributed by atoms with van der Waals surface area (Å²) in [5.74, 6) is 0.338. The largest absolute Gasteiger partial charge is 0.324 e. The van der Waals surface area contributed by atoms with Crippen LogP contribution in [0.15, 0.2) is 27.5 Å². The van der Waals surface area contributed by atoms with Gasteiger partial charge in [0.1, 0.15) is 5.69 Å². The zero-order chi connectivity index (χ0) is 14.9. The number of halogens is 1. The van der Waals surface area contributed by atoms with Crippen LogP contribution in [-0.4, -0.2) is 15.2 Å². The number of rotatable bonds is 2. The molecule has 0 bridgehead atoms. The molecule has 1 heterocycles. The lowest BCUT2D eigenvalue weighted by Gasteiger charge is -2.15. The Morgan fingerprint density at radius 1 is 1.25 bits per heavy atom. The molecule has 0 radical (unpaired) electrons. The summed E-state index contributed by atoms with van der Waals surface area (Å²) in [7, 11) is 0. The first-order valence-electron chi connectivity index (χ1n) is 6.28. The van der Waals surface area contributed by atoms with E-state index >= 15 is 0 Å². The Morgan fingerprint density at radius 3 is 2.50 bits per heavy atom. The molecule has 0 atom stereocenters. The van der Waals surface area contributed by atoms with Gasteiger partial charge in [-0.3, -0.25) is 9.78 Å². The van der Waals surface area contributed by atoms with E-state index in [1.54, 1.807) is 0 Å². The Balaban J connectivity index is 2.29. The number of hydrogen-bond donors (Lipinski definition) is 2. The fourth-order valence-electron chi connectivity index (χ4n) is 1.74. The predicted molar refractivity (Wildman–Crippen MR) is 83.5 cm³/mol. The predicted octanol–water partition coefficient (Wildman–Crippen LogP) is 3.28. The second-order valence-electron chi connectivity index (χ2n) is 5.69. The van der Waals surface area contributed by atoms with Crippen molar-refractivity contribution in [3.63, 3.8) is 0 Å². The lowest BCUT2D eigenvalue weighted by Crippen LogP contribution is -2.28. The summed E-state index contributed by atoms with van der Waals surface area (Å²) >= 11 is 3.44. The summed E-state index contributed by atoms with van der Waals surface area (Å²) in [6.45, 7) is 7.78. The zero-order valence-electron chi connectivity index (χ0n) is 11.9. The quantitative estimate of drug-likeness (QED) is 0.882. The first-order valence-corrected chi connectivity index (χ1v) is 7.07. The lowest BCUT2D eigenvalue weighted by atomic mass is 9.93. The Labute approximate surface area is 126 Å². The van der Waals surface area contributed by atoms with Gasteiger partial charge in [-0.1, -0.05) is 36.7 Å². The highest BCUT2D eigenvalue weighted by atomic mass is 79.9. The maximum Gasteiger partial charge on any atom is 0.274 e. The number of nitrogens with one attached hydrogen (secondary N) is 2. The third kappa shape index (κ3) is 3.25. The van der Waals surface area contributed by atoms with Gasteiger partial charge in [0.05, 0.1) is 0 Å². The van der Waals surface area contributed by atoms with Crippen molar-refractivity contribution in [3.8, 4) is 0 Å². The van der Waals surface area contributed by atoms with Crippen LogP contribution in [0.3, 0.4) is 0 Å². The number of aromatic amines is 1. The molecule has 2 aromatic rings. The van der Waals surface area contributed by atoms with Crippen molar-refractivity contribution in [1.82, 2.24) is 15.2 Å². The van der Waals surface area contributed by atoms with Crippen molar-refractivity contribution in [2.45, 2.75) is 33.1 Å². The maximum atomic E-state index is 12.0. The minimum absolute atomic E-state index is 0.219. The highest BCUT2D eigenvalue weighted by molar-refractivity contribution is 9.10. The molecule has 0 unspecified atom stereocenters. The van der Waals surface area contributed by atoms with E-state index in [4.69, 9.17) is 0 Å². The van der Waals surface area contributed by atoms with Crippen molar-refractivity contribution >= 4 is 27.6 Å². The minimum atomic E-state index is -0.326. The molecule has 5 nitrogen and oxygen atoms in total. The Bertz CT molecular complexity index is 688. The summed E-state index contributed by atoms with van der Waals surface area (Å²) in [4.78, 5) is 14.7. The van der Waals surface area contributed by atoms with Crippen molar-refractivity contribution in [2.24, 2.45) is 0 Å². The van der Waals surface area contributed by atoms with E-state index in [2.05, 4.69) is 36.4 Å². The number of aryl methyl sites for hydroxylation is 1. The zero-order valence-corrected chi connectivity index (χ0v) is 13.5. The van der Waals surface area contributed by atoms with Crippen LogP contribution in [0, 0.1) is 6.92 Å². The Morgan fingerprint density at radius 2 is 1.95 bits per heavy atom. The van der Waals surface area contributed by atoms with Crippen LogP contribution in [0.1, 0.15) is 32.0 Å². The van der Waals surface area contributed by atoms with Crippen LogP contribution in [0.5, 0.6) is 0 Å². The van der Waals surface area contributed by atoms with E-state index in [-0.39, 0.29) is 11.0 Å². The number of aromatic nitrogens is 3. The summed E-state index contributed by atoms with van der Waals surface area (Å²) in [6.07, 6.45) is 0. The molecule has 0 aliphatic heterocycles. The highest BCUT2D eigenvalue weighted by Gasteiger charge is 2.20. The molecular formula is C14H17BrN4O. The van der Waals surface area contributed by atoms with Crippen molar-refractivity contribution in [2.75, 3.05) is 5.32 Å². The fraction of sp³-hybridized carbons (Fsp3) is 0.357. The van der Waals surface area contributed by atoms with Crippen LogP contribution in [-0.2, 0) is 5.41 Å². The number of anilines is 2. The lowest BCUT2D eigenvalue weighted by molar-refractivity contribution is 0.547. The topological polar surface area (TPSA) is 70.7 Å². The molecular weight excluding hydrogens is 320 g/mol. The van der Waals surface area contributed by atoms with Gasteiger partial charge in [0.25, 0.3) is 5.56 Å². The Hall–Kier alpha value is -1.69. The van der Waals surface area contributed by atoms with Gasteiger partial charge in [0.15, 0.2) is 0 Å². The van der Waals surface area contributed by atoms with E-state index in [1.165, 1.54) is 0 Å². The fourth-order valence-corrected chi connectivity index (χ4v) is 1.99. The normalized spacial score (nSPS) is 11.4. The summed E-state index contributed by atoms with van der Waals surface area (Å²) in [6, 6.07) is 5.79. The van der Waals surface area contributed by atoms with Crippen LogP contribution in [0.4, 0.5) is 11.6 Å². The van der Waals surface area contributed by atoms with E-state index in [9.17, 15) is 4.79 Å². The van der Waals surface area contributed by atoms with Gasteiger partial charge >= 0.3 is 0 Å². The molecule has 2 rings (SSSR count). The summed E-state index contributed by atoms with van der Waals surface area (Å²) < 4.78 is 1.03. The standard InChI is InChI=1S/C14H17BrN4O/c1-8-7-9(5-6-10(8)15)16-13-17-12(20)11(18-19-13)14(2,3)4/h5-7H,1-4H3,(H2,16,17,19,20). The van der Waals surface area contributed by atoms with Crippen LogP contribution < -0.4 is 10.9 Å². The van der Waals surface area contributed by atoms with Gasteiger partial charge < -0.3 is 5.32 Å². The van der Waals surface area contributed by atoms with Crippen LogP contribution in [0.25, 0.3) is 0 Å². The molecule has 0 amide bonds. The first kappa shape index (κ1) is 14.7. The van der Waals surface area contributed by atoms with Crippen molar-refractivity contribution in [3.05, 3.63) is 44.3 Å². The molecule has 0 aliphatic rings. The SMILES string of the molecule is Cc1cc(Nc2nnc(C(C)(C)C)c(=O)[nH]2)ccc1Br. The average Bonchev–Trinajstić information content (AvgIpc) is 2.32. The second kappa shape index (κ2) is 5.36. The summed E-state index contributed by atoms with van der Waals surface area (Å²) in [5, 5.41) is 11.1. The third-order valence-corrected chi connectivity index (χ3v) is 3.72. The van der Waals surface area contributed by atoms with Gasteiger partial charge in [-0.05, 0) is 30.7 Å². The van der Waals surface area contributed by atoms with Crippen molar-refractivity contribution < 1.29 is 0 Å². The molecule has 0 saturated heterocycles. The van der Waals surface area contributed by atoms with Crippen molar-refractivity contribution in [1.29, 1.82) is 0 Å². The molecule has 0 saturated carbocycles. The number of H-pyrrole nitrogens is 1. The number of benzene rings is 1. The molecule has 1 aromatic heterocycles. The molecule has 2 N–H and O–H groups in total. The van der Waals surface area contributed by atoms with Crippen LogP contribution in [0.2, 0.25) is 0 Å². The third-order valence-electron chi connectivity index (χ3n) is 2.83. The van der Waals surface area contributed by atoms with Gasteiger partial charge in [-0.2, -0.15) is 0 Å². The van der Waals surface area contributed by atoms with E-state index in [1.807, 2.05) is 45.9 Å². The average molecular weight is 337 g/mol. The highest BCUT2D eigenvalue weighted by Crippen LogP contribution is 2.21. The van der Waals surface area contributed by atoms with Gasteiger partial charge in [-0.25, -0.2) is 0 Å². The van der Waals surface area contributed by atoms with E-state index in [0.29, 0.717) is 11.6 Å². The van der Waals surface area contributed by atoms with E-state index < -0.39 is 0 Å². The van der Waals surface area contributed by atoms with Crippen LogP contribution >= 0.6 is 15.9 Å². The smallest absolute Gasteiger partial charge is 0.274 e. The van der Waals surface area contributed by atoms with Gasteiger partial charge in [-0.15, -0.1) is 10.2 Å². The number of nitrogens with zero attached hydrogens (tertiary/aromatic N) is 2. The number of hydrogen-bond acceptors (Lipinski definition) is 4. The van der Waals surface area contributed by atoms with Gasteiger partial charge in [0.2, 0.25) is 5.95 Å². The molecule has 0 spiro atoms. The van der Waals surface area contributed by atoms with Gasteiger partial charge in [0, 0.05) is 15.6 Å². The Kier molecular flexibility index (Phi) is 3.94. The maximum absolute atomic E-state index is 12.0. The summed E-state index contributed by atoms with van der Waals surface area (Å²) in [5.41, 5.74) is 1.82. The molecule has 1 aromatic carbocycles. The molecule has 6 heteroatoms. The molecule has 0 fully saturated rings. The monoisotopic (exact) mass is 336 g/mol. The second-order valence-corrected chi connectivity index (χ2v) is 6.54. The van der Waals surface area contributed by atoms with E-state index in [0.717, 1.165) is 15.7 Å². The molecule has 20 heavy (non-hydrogen) atoms. The first-order chi connectivity index (χ1) is 9.27. The minimum Gasteiger partial charge on any atom is -0.324 e. The molecule has 0 aliphatic carbocycles.